The van der Waals surface area contributed by atoms with E-state index in [4.69, 9.17) is 9.47 Å². The summed E-state index contributed by atoms with van der Waals surface area (Å²) in [5.41, 5.74) is 1.90. The minimum absolute atomic E-state index is 0.00896. The topological polar surface area (TPSA) is 119 Å². The van der Waals surface area contributed by atoms with Gasteiger partial charge in [-0.25, -0.2) is 18.0 Å². The Morgan fingerprint density at radius 3 is 1.73 bits per heavy atom. The number of anilines is 1. The van der Waals surface area contributed by atoms with Gasteiger partial charge >= 0.3 is 0 Å². The highest BCUT2D eigenvalue weighted by atomic mass is 32.2. The predicted octanol–water partition coefficient (Wildman–Crippen LogP) is 5.78. The summed E-state index contributed by atoms with van der Waals surface area (Å²) in [6.45, 7) is 10.3. The third kappa shape index (κ3) is 5.65. The van der Waals surface area contributed by atoms with Gasteiger partial charge in [-0.05, 0) is 54.7 Å². The van der Waals surface area contributed by atoms with E-state index in [0.29, 0.717) is 46.7 Å². The maximum atomic E-state index is 13.8. The fraction of sp³-hybridized carbons (Fsp3) is 0.265. The summed E-state index contributed by atoms with van der Waals surface area (Å²) in [6, 6.07) is 20.0. The summed E-state index contributed by atoms with van der Waals surface area (Å²) in [5.74, 6) is -1.16. The van der Waals surface area contributed by atoms with Crippen LogP contribution >= 0.6 is 0 Å². The van der Waals surface area contributed by atoms with Crippen LogP contribution in [0.3, 0.4) is 0 Å². The highest BCUT2D eigenvalue weighted by Crippen LogP contribution is 2.46. The number of ether oxygens (including phenoxy) is 2. The lowest BCUT2D eigenvalue weighted by Gasteiger charge is -2.19. The minimum Gasteiger partial charge on any atom is -0.492 e. The molecule has 0 unspecified atom stereocenters. The first-order chi connectivity index (χ1) is 20.9. The number of hydrogen-bond donors (Lipinski definition) is 1. The van der Waals surface area contributed by atoms with Gasteiger partial charge in [0.1, 0.15) is 11.5 Å². The molecule has 44 heavy (non-hydrogen) atoms. The van der Waals surface area contributed by atoms with Crippen molar-refractivity contribution in [2.75, 3.05) is 18.1 Å². The maximum absolute atomic E-state index is 13.8. The summed E-state index contributed by atoms with van der Waals surface area (Å²) in [7, 11) is -4.06. The van der Waals surface area contributed by atoms with E-state index in [1.165, 1.54) is 12.1 Å². The number of fused-ring (bicyclic) bond motifs is 2. The lowest BCUT2D eigenvalue weighted by Crippen LogP contribution is -2.32. The molecule has 10 heteroatoms. The highest BCUT2D eigenvalue weighted by molar-refractivity contribution is 7.90. The molecule has 0 aliphatic carbocycles. The largest absolute Gasteiger partial charge is 0.492 e. The number of nitrogens with one attached hydrogen (secondary N) is 1. The van der Waals surface area contributed by atoms with E-state index in [1.807, 2.05) is 45.0 Å². The molecule has 0 fully saturated rings. The van der Waals surface area contributed by atoms with Gasteiger partial charge in [0.15, 0.2) is 0 Å². The third-order valence-corrected chi connectivity index (χ3v) is 8.76. The van der Waals surface area contributed by atoms with Crippen molar-refractivity contribution in [1.82, 2.24) is 4.72 Å². The second-order valence-electron chi connectivity index (χ2n) is 11.4. The second kappa shape index (κ2) is 11.8. The van der Waals surface area contributed by atoms with E-state index in [1.54, 1.807) is 50.2 Å². The molecule has 0 radical (unpaired) electrons. The van der Waals surface area contributed by atoms with Crippen molar-refractivity contribution >= 4 is 44.2 Å². The van der Waals surface area contributed by atoms with Crippen LogP contribution < -0.4 is 19.1 Å². The van der Waals surface area contributed by atoms with E-state index < -0.39 is 27.7 Å². The normalized spacial score (nSPS) is 13.2. The summed E-state index contributed by atoms with van der Waals surface area (Å²) in [5, 5.41) is 1.34. The third-order valence-electron chi connectivity index (χ3n) is 7.37. The molecule has 0 bridgehead atoms. The number of benzene rings is 4. The molecule has 1 N–H and O–H groups in total. The van der Waals surface area contributed by atoms with Gasteiger partial charge in [-0.2, -0.15) is 0 Å². The number of amides is 3. The summed E-state index contributed by atoms with van der Waals surface area (Å²) >= 11 is 0. The van der Waals surface area contributed by atoms with Crippen LogP contribution in [0.1, 0.15) is 66.5 Å². The van der Waals surface area contributed by atoms with E-state index in [2.05, 4.69) is 4.72 Å². The van der Waals surface area contributed by atoms with Crippen molar-refractivity contribution in [2.45, 2.75) is 51.3 Å². The number of rotatable bonds is 9. The van der Waals surface area contributed by atoms with Crippen LogP contribution in [-0.4, -0.2) is 39.4 Å². The quantitative estimate of drug-likeness (QED) is 0.237. The van der Waals surface area contributed by atoms with Gasteiger partial charge in [0, 0.05) is 10.8 Å². The van der Waals surface area contributed by atoms with Crippen LogP contribution in [0.2, 0.25) is 0 Å². The monoisotopic (exact) mass is 614 g/mol. The van der Waals surface area contributed by atoms with E-state index >= 15 is 0 Å². The second-order valence-corrected chi connectivity index (χ2v) is 13.1. The first-order valence-corrected chi connectivity index (χ1v) is 15.8. The Labute approximate surface area is 256 Å². The van der Waals surface area contributed by atoms with Crippen LogP contribution in [0, 0.1) is 0 Å². The molecule has 0 spiro atoms. The zero-order valence-electron chi connectivity index (χ0n) is 25.3. The number of nitrogens with zero attached hydrogens (tertiary/aromatic N) is 1. The van der Waals surface area contributed by atoms with E-state index in [0.717, 1.165) is 10.5 Å². The van der Waals surface area contributed by atoms with Crippen molar-refractivity contribution in [3.8, 4) is 11.5 Å². The lowest BCUT2D eigenvalue weighted by atomic mass is 9.87. The maximum Gasteiger partial charge on any atom is 0.270 e. The Balaban J connectivity index is 1.38. The molecule has 4 aromatic rings. The molecule has 0 atom stereocenters. The summed E-state index contributed by atoms with van der Waals surface area (Å²) in [4.78, 5) is 41.3. The Morgan fingerprint density at radius 1 is 0.773 bits per heavy atom. The lowest BCUT2D eigenvalue weighted by molar-refractivity contribution is -0.118. The Morgan fingerprint density at radius 2 is 1.27 bits per heavy atom. The number of hydrogen-bond acceptors (Lipinski definition) is 7. The SMILES string of the molecule is CCOc1c2c(c(OCC)c3ccccc13)C(=O)N(c1ccc(CC(=O)NS(=O)(=O)c3ccc(C(C)(C)C)cc3)cc1)C2=O. The molecule has 9 nitrogen and oxygen atoms in total. The van der Waals surface area contributed by atoms with Crippen molar-refractivity contribution in [3.63, 3.8) is 0 Å². The minimum atomic E-state index is -4.06. The molecule has 1 aliphatic rings. The van der Waals surface area contributed by atoms with E-state index in [-0.39, 0.29) is 27.9 Å². The zero-order chi connectivity index (χ0) is 31.8. The molecule has 4 aromatic carbocycles. The van der Waals surface area contributed by atoms with Gasteiger partial charge < -0.3 is 9.47 Å². The fourth-order valence-corrected chi connectivity index (χ4v) is 6.23. The molecule has 0 saturated heterocycles. The first-order valence-electron chi connectivity index (χ1n) is 14.4. The van der Waals surface area contributed by atoms with Gasteiger partial charge in [-0.15, -0.1) is 0 Å². The molecular formula is C34H34N2O7S. The van der Waals surface area contributed by atoms with Crippen molar-refractivity contribution < 1.29 is 32.3 Å². The van der Waals surface area contributed by atoms with Gasteiger partial charge in [-0.3, -0.25) is 14.4 Å². The molecule has 0 saturated carbocycles. The van der Waals surface area contributed by atoms with Crippen molar-refractivity contribution in [2.24, 2.45) is 0 Å². The number of carbonyl (C=O) groups excluding carboxylic acids is 3. The average molecular weight is 615 g/mol. The highest BCUT2D eigenvalue weighted by Gasteiger charge is 2.43. The van der Waals surface area contributed by atoms with Gasteiger partial charge in [0.2, 0.25) is 5.91 Å². The molecule has 3 amide bonds. The van der Waals surface area contributed by atoms with E-state index in [9.17, 15) is 22.8 Å². The molecule has 1 heterocycles. The molecule has 5 rings (SSSR count). The number of sulfonamides is 1. The van der Waals surface area contributed by atoms with Gasteiger partial charge in [-0.1, -0.05) is 69.3 Å². The first kappa shape index (κ1) is 30.7. The Hall–Kier alpha value is -4.70. The van der Waals surface area contributed by atoms with Crippen LogP contribution in [0.15, 0.2) is 77.7 Å². The van der Waals surface area contributed by atoms with Gasteiger partial charge in [0.25, 0.3) is 21.8 Å². The van der Waals surface area contributed by atoms with Crippen LogP contribution in [0.5, 0.6) is 11.5 Å². The zero-order valence-corrected chi connectivity index (χ0v) is 26.1. The number of carbonyl (C=O) groups is 3. The summed E-state index contributed by atoms with van der Waals surface area (Å²) in [6.07, 6.45) is -0.226. The van der Waals surface area contributed by atoms with Gasteiger partial charge in [0.05, 0.1) is 41.3 Å². The number of imide groups is 1. The van der Waals surface area contributed by atoms with Crippen LogP contribution in [0.25, 0.3) is 10.8 Å². The molecule has 228 valence electrons. The summed E-state index contributed by atoms with van der Waals surface area (Å²) < 4.78 is 39.5. The fourth-order valence-electron chi connectivity index (χ4n) is 5.25. The van der Waals surface area contributed by atoms with Crippen LogP contribution in [0.4, 0.5) is 5.69 Å². The van der Waals surface area contributed by atoms with Crippen molar-refractivity contribution in [3.05, 3.63) is 95.1 Å². The average Bonchev–Trinajstić information content (AvgIpc) is 3.24. The van der Waals surface area contributed by atoms with Crippen molar-refractivity contribution in [1.29, 1.82) is 0 Å². The predicted molar refractivity (Wildman–Crippen MR) is 168 cm³/mol. The Kier molecular flexibility index (Phi) is 8.22. The molecule has 0 aromatic heterocycles. The standard InChI is InChI=1S/C34H34N2O7S/c1-6-42-30-25-10-8-9-11-26(25)31(43-7-2)29-28(30)32(38)36(33(29)39)23-16-12-21(13-17-23)20-27(37)35-44(40,41)24-18-14-22(15-19-24)34(3,4)5/h8-19H,6-7,20H2,1-5H3,(H,35,37). The molecule has 1 aliphatic heterocycles. The Bertz CT molecular complexity index is 1810. The smallest absolute Gasteiger partial charge is 0.270 e. The molecular weight excluding hydrogens is 580 g/mol. The van der Waals surface area contributed by atoms with Crippen LogP contribution in [-0.2, 0) is 26.7 Å².